The molecule has 0 spiro atoms. The van der Waals surface area contributed by atoms with Crippen LogP contribution in [0.4, 0.5) is 5.82 Å². The maximum Gasteiger partial charge on any atom is 0.225 e. The first kappa shape index (κ1) is 16.0. The van der Waals surface area contributed by atoms with Crippen LogP contribution in [0.1, 0.15) is 12.0 Å². The Hall–Kier alpha value is -2.86. The predicted octanol–water partition coefficient (Wildman–Crippen LogP) is 3.40. The fraction of sp³-hybridized carbons (Fsp3) is 0.118. The first-order chi connectivity index (χ1) is 11.6. The van der Waals surface area contributed by atoms with Crippen LogP contribution in [-0.2, 0) is 11.2 Å². The Labute approximate surface area is 143 Å². The molecule has 6 nitrogen and oxygen atoms in total. The number of anilines is 1. The van der Waals surface area contributed by atoms with Crippen LogP contribution in [0.25, 0.3) is 11.3 Å². The minimum Gasteiger partial charge on any atom is -0.506 e. The van der Waals surface area contributed by atoms with Gasteiger partial charge in [-0.3, -0.25) is 14.9 Å². The standard InChI is InChI=1S/C17H15ClN4O2/c18-13-9-11(1-3-15(13)23)2-4-17(24)20-16-10-14(21-22-16)12-5-7-19-8-6-12/h1,3,5-10,23H,2,4H2,(H2,20,21,22,24). The van der Waals surface area contributed by atoms with Crippen LogP contribution in [0, 0.1) is 0 Å². The number of aromatic nitrogens is 3. The molecule has 2 aromatic heterocycles. The van der Waals surface area contributed by atoms with Crippen molar-refractivity contribution in [3.05, 3.63) is 59.4 Å². The number of nitrogens with zero attached hydrogens (tertiary/aromatic N) is 2. The van der Waals surface area contributed by atoms with Crippen molar-refractivity contribution in [1.29, 1.82) is 0 Å². The van der Waals surface area contributed by atoms with Gasteiger partial charge in [-0.15, -0.1) is 0 Å². The molecule has 0 radical (unpaired) electrons. The van der Waals surface area contributed by atoms with Gasteiger partial charge in [0.25, 0.3) is 0 Å². The van der Waals surface area contributed by atoms with Gasteiger partial charge in [-0.25, -0.2) is 0 Å². The molecule has 0 aliphatic rings. The molecule has 0 saturated carbocycles. The fourth-order valence-electron chi connectivity index (χ4n) is 2.23. The summed E-state index contributed by atoms with van der Waals surface area (Å²) in [5.41, 5.74) is 2.63. The van der Waals surface area contributed by atoms with Gasteiger partial charge in [-0.1, -0.05) is 17.7 Å². The van der Waals surface area contributed by atoms with E-state index in [-0.39, 0.29) is 16.7 Å². The second-order valence-electron chi connectivity index (χ2n) is 5.24. The molecule has 2 heterocycles. The number of carbonyl (C=O) groups is 1. The Balaban J connectivity index is 1.57. The lowest BCUT2D eigenvalue weighted by molar-refractivity contribution is -0.116. The molecule has 0 fully saturated rings. The summed E-state index contributed by atoms with van der Waals surface area (Å²) in [6, 6.07) is 10.4. The van der Waals surface area contributed by atoms with E-state index in [0.29, 0.717) is 18.7 Å². The first-order valence-electron chi connectivity index (χ1n) is 7.35. The van der Waals surface area contributed by atoms with Crippen molar-refractivity contribution >= 4 is 23.3 Å². The number of hydrogen-bond acceptors (Lipinski definition) is 4. The van der Waals surface area contributed by atoms with E-state index in [0.717, 1.165) is 16.8 Å². The highest BCUT2D eigenvalue weighted by Crippen LogP contribution is 2.24. The largest absolute Gasteiger partial charge is 0.506 e. The number of pyridine rings is 1. The van der Waals surface area contributed by atoms with Gasteiger partial charge in [-0.2, -0.15) is 5.10 Å². The zero-order valence-corrected chi connectivity index (χ0v) is 13.4. The number of aromatic hydroxyl groups is 1. The molecule has 1 amide bonds. The molecule has 1 aromatic carbocycles. The van der Waals surface area contributed by atoms with E-state index in [2.05, 4.69) is 20.5 Å². The minimum absolute atomic E-state index is 0.0324. The van der Waals surface area contributed by atoms with Crippen molar-refractivity contribution in [3.63, 3.8) is 0 Å². The molecule has 24 heavy (non-hydrogen) atoms. The van der Waals surface area contributed by atoms with E-state index in [9.17, 15) is 9.90 Å². The number of H-pyrrole nitrogens is 1. The number of aryl methyl sites for hydroxylation is 1. The van der Waals surface area contributed by atoms with Crippen LogP contribution >= 0.6 is 11.6 Å². The third-order valence-corrected chi connectivity index (χ3v) is 3.79. The van der Waals surface area contributed by atoms with E-state index in [1.807, 2.05) is 12.1 Å². The molecule has 0 bridgehead atoms. The van der Waals surface area contributed by atoms with E-state index in [1.54, 1.807) is 30.6 Å². The molecule has 0 unspecified atom stereocenters. The number of carbonyl (C=O) groups excluding carboxylic acids is 1. The Kier molecular flexibility index (Phi) is 4.77. The second kappa shape index (κ2) is 7.14. The Bertz CT molecular complexity index is 849. The van der Waals surface area contributed by atoms with E-state index >= 15 is 0 Å². The molecule has 7 heteroatoms. The van der Waals surface area contributed by atoms with Gasteiger partial charge in [0.1, 0.15) is 5.75 Å². The van der Waals surface area contributed by atoms with Gasteiger partial charge in [0.15, 0.2) is 5.82 Å². The number of phenols is 1. The monoisotopic (exact) mass is 342 g/mol. The number of benzene rings is 1. The van der Waals surface area contributed by atoms with Crippen molar-refractivity contribution in [3.8, 4) is 17.0 Å². The Morgan fingerprint density at radius 1 is 1.21 bits per heavy atom. The molecule has 0 atom stereocenters. The maximum absolute atomic E-state index is 12.0. The number of halogens is 1. The van der Waals surface area contributed by atoms with E-state index in [1.165, 1.54) is 6.07 Å². The number of aromatic amines is 1. The molecule has 3 rings (SSSR count). The summed E-state index contributed by atoms with van der Waals surface area (Å²) in [4.78, 5) is 16.0. The van der Waals surface area contributed by atoms with Crippen LogP contribution in [0.15, 0.2) is 48.8 Å². The van der Waals surface area contributed by atoms with Crippen molar-refractivity contribution in [2.45, 2.75) is 12.8 Å². The quantitative estimate of drug-likeness (QED) is 0.662. The molecule has 0 aliphatic heterocycles. The number of amides is 1. The summed E-state index contributed by atoms with van der Waals surface area (Å²) in [5.74, 6) is 0.354. The zero-order valence-electron chi connectivity index (χ0n) is 12.7. The lowest BCUT2D eigenvalue weighted by atomic mass is 10.1. The van der Waals surface area contributed by atoms with Gasteiger partial charge in [-0.05, 0) is 36.2 Å². The van der Waals surface area contributed by atoms with Crippen LogP contribution < -0.4 is 5.32 Å². The molecule has 0 saturated heterocycles. The average molecular weight is 343 g/mol. The van der Waals surface area contributed by atoms with E-state index < -0.39 is 0 Å². The number of phenolic OH excluding ortho intramolecular Hbond substituents is 1. The highest BCUT2D eigenvalue weighted by molar-refractivity contribution is 6.32. The summed E-state index contributed by atoms with van der Waals surface area (Å²) in [7, 11) is 0. The Morgan fingerprint density at radius 3 is 2.75 bits per heavy atom. The zero-order chi connectivity index (χ0) is 16.9. The molecule has 3 aromatic rings. The minimum atomic E-state index is -0.146. The molecule has 3 N–H and O–H groups in total. The molecular formula is C17H15ClN4O2. The third-order valence-electron chi connectivity index (χ3n) is 3.49. The van der Waals surface area contributed by atoms with Gasteiger partial charge < -0.3 is 10.4 Å². The highest BCUT2D eigenvalue weighted by Gasteiger charge is 2.08. The summed E-state index contributed by atoms with van der Waals surface area (Å²) in [5, 5.41) is 19.4. The number of rotatable bonds is 5. The highest BCUT2D eigenvalue weighted by atomic mass is 35.5. The normalized spacial score (nSPS) is 10.5. The molecule has 0 aliphatic carbocycles. The van der Waals surface area contributed by atoms with Crippen molar-refractivity contribution in [2.75, 3.05) is 5.32 Å². The van der Waals surface area contributed by atoms with Crippen LogP contribution in [0.3, 0.4) is 0 Å². The first-order valence-corrected chi connectivity index (χ1v) is 7.72. The average Bonchev–Trinajstić information content (AvgIpc) is 3.05. The maximum atomic E-state index is 12.0. The summed E-state index contributed by atoms with van der Waals surface area (Å²) in [6.45, 7) is 0. The Morgan fingerprint density at radius 2 is 2.00 bits per heavy atom. The lowest BCUT2D eigenvalue weighted by Crippen LogP contribution is -2.12. The van der Waals surface area contributed by atoms with Gasteiger partial charge >= 0.3 is 0 Å². The summed E-state index contributed by atoms with van der Waals surface area (Å²) >= 11 is 5.85. The molecular weight excluding hydrogens is 328 g/mol. The van der Waals surface area contributed by atoms with Crippen LogP contribution in [-0.4, -0.2) is 26.2 Å². The lowest BCUT2D eigenvalue weighted by Gasteiger charge is -2.04. The fourth-order valence-corrected chi connectivity index (χ4v) is 2.44. The molecule has 122 valence electrons. The summed E-state index contributed by atoms with van der Waals surface area (Å²) < 4.78 is 0. The predicted molar refractivity (Wildman–Crippen MR) is 91.9 cm³/mol. The SMILES string of the molecule is O=C(CCc1ccc(O)c(Cl)c1)Nc1cc(-c2ccncc2)[nH]n1. The van der Waals surface area contributed by atoms with Gasteiger partial charge in [0.05, 0.1) is 10.7 Å². The number of nitrogens with one attached hydrogen (secondary N) is 2. The topological polar surface area (TPSA) is 90.9 Å². The summed E-state index contributed by atoms with van der Waals surface area (Å²) in [6.07, 6.45) is 4.19. The van der Waals surface area contributed by atoms with Gasteiger partial charge in [0.2, 0.25) is 5.91 Å². The van der Waals surface area contributed by atoms with Crippen LogP contribution in [0.5, 0.6) is 5.75 Å². The van der Waals surface area contributed by atoms with Crippen LogP contribution in [0.2, 0.25) is 5.02 Å². The van der Waals surface area contributed by atoms with Crippen molar-refractivity contribution in [1.82, 2.24) is 15.2 Å². The van der Waals surface area contributed by atoms with Crippen molar-refractivity contribution < 1.29 is 9.90 Å². The smallest absolute Gasteiger partial charge is 0.225 e. The van der Waals surface area contributed by atoms with Gasteiger partial charge in [0, 0.05) is 30.4 Å². The second-order valence-corrected chi connectivity index (χ2v) is 5.64. The third kappa shape index (κ3) is 3.91. The number of hydrogen-bond donors (Lipinski definition) is 3. The van der Waals surface area contributed by atoms with E-state index in [4.69, 9.17) is 11.6 Å². The van der Waals surface area contributed by atoms with Crippen molar-refractivity contribution in [2.24, 2.45) is 0 Å².